The molecule has 2 rings (SSSR count). The number of urea groups is 1. The second-order valence-corrected chi connectivity index (χ2v) is 5.97. The van der Waals surface area contributed by atoms with E-state index < -0.39 is 5.97 Å². The maximum atomic E-state index is 12.0. The van der Waals surface area contributed by atoms with E-state index in [-0.39, 0.29) is 6.03 Å². The van der Waals surface area contributed by atoms with Crippen LogP contribution in [0.3, 0.4) is 0 Å². The first-order chi connectivity index (χ1) is 10.2. The number of hydrogen-bond acceptors (Lipinski definition) is 5. The van der Waals surface area contributed by atoms with Crippen molar-refractivity contribution in [2.24, 2.45) is 0 Å². The minimum atomic E-state index is -0.391. The van der Waals surface area contributed by atoms with Crippen LogP contribution < -0.4 is 16.0 Å². The number of esters is 1. The highest BCUT2D eigenvalue weighted by atomic mass is 32.1. The molecule has 7 heteroatoms. The van der Waals surface area contributed by atoms with Gasteiger partial charge in [-0.05, 0) is 24.9 Å². The van der Waals surface area contributed by atoms with Crippen molar-refractivity contribution in [1.82, 2.24) is 10.6 Å². The first-order valence-electron chi connectivity index (χ1n) is 7.15. The van der Waals surface area contributed by atoms with Crippen LogP contribution in [0.1, 0.15) is 40.6 Å². The maximum absolute atomic E-state index is 12.0. The Balaban J connectivity index is 2.16. The van der Waals surface area contributed by atoms with E-state index in [1.54, 1.807) is 0 Å². The molecule has 0 atom stereocenters. The molecule has 2 heterocycles. The molecule has 0 aromatic carbocycles. The van der Waals surface area contributed by atoms with E-state index in [1.807, 2.05) is 0 Å². The summed E-state index contributed by atoms with van der Waals surface area (Å²) in [6.07, 6.45) is 2.73. The van der Waals surface area contributed by atoms with Crippen LogP contribution in [-0.4, -0.2) is 32.2 Å². The third-order valence-corrected chi connectivity index (χ3v) is 4.51. The first-order valence-corrected chi connectivity index (χ1v) is 7.97. The number of unbranched alkanes of at least 4 members (excludes halogenated alkanes) is 1. The number of amides is 2. The van der Waals surface area contributed by atoms with Gasteiger partial charge >= 0.3 is 12.0 Å². The molecule has 1 aliphatic heterocycles. The van der Waals surface area contributed by atoms with Crippen LogP contribution in [-0.2, 0) is 17.7 Å². The zero-order valence-corrected chi connectivity index (χ0v) is 13.2. The van der Waals surface area contributed by atoms with Crippen LogP contribution in [0.4, 0.5) is 9.80 Å². The zero-order chi connectivity index (χ0) is 15.2. The molecule has 0 saturated heterocycles. The molecular formula is C14H21N3O3S. The Labute approximate surface area is 128 Å². The first kappa shape index (κ1) is 15.8. The van der Waals surface area contributed by atoms with E-state index in [0.717, 1.165) is 42.8 Å². The Kier molecular flexibility index (Phi) is 5.58. The van der Waals surface area contributed by atoms with E-state index in [4.69, 9.17) is 4.74 Å². The predicted octanol–water partition coefficient (Wildman–Crippen LogP) is 2.10. The molecule has 3 N–H and O–H groups in total. The predicted molar refractivity (Wildman–Crippen MR) is 83.0 cm³/mol. The summed E-state index contributed by atoms with van der Waals surface area (Å²) in [4.78, 5) is 25.0. The van der Waals surface area contributed by atoms with Crippen molar-refractivity contribution in [2.75, 3.05) is 25.5 Å². The summed E-state index contributed by atoms with van der Waals surface area (Å²) in [6.45, 7) is 4.25. The van der Waals surface area contributed by atoms with Gasteiger partial charge in [-0.3, -0.25) is 5.32 Å². The lowest BCUT2D eigenvalue weighted by molar-refractivity contribution is 0.0601. The van der Waals surface area contributed by atoms with Gasteiger partial charge in [-0.15, -0.1) is 11.3 Å². The zero-order valence-electron chi connectivity index (χ0n) is 12.4. The van der Waals surface area contributed by atoms with E-state index in [2.05, 4.69) is 22.9 Å². The minimum absolute atomic E-state index is 0.278. The number of carbonyl (C=O) groups excluding carboxylic acids is 2. The number of thiophene rings is 1. The van der Waals surface area contributed by atoms with E-state index in [0.29, 0.717) is 17.1 Å². The molecule has 0 bridgehead atoms. The summed E-state index contributed by atoms with van der Waals surface area (Å²) in [5.41, 5.74) is 1.50. The maximum Gasteiger partial charge on any atom is 0.341 e. The number of ether oxygens (including phenoxy) is 1. The van der Waals surface area contributed by atoms with E-state index >= 15 is 0 Å². The Morgan fingerprint density at radius 2 is 2.24 bits per heavy atom. The van der Waals surface area contributed by atoms with Crippen molar-refractivity contribution in [2.45, 2.75) is 32.7 Å². The SMILES string of the molecule is CCCCNC(=O)Nc1sc2c(c1C(=O)OC)CCNC2. The van der Waals surface area contributed by atoms with Gasteiger partial charge in [0.1, 0.15) is 5.00 Å². The molecule has 116 valence electrons. The lowest BCUT2D eigenvalue weighted by Crippen LogP contribution is -2.29. The summed E-state index contributed by atoms with van der Waals surface area (Å²) in [6, 6.07) is -0.278. The second kappa shape index (κ2) is 7.42. The number of rotatable bonds is 5. The quantitative estimate of drug-likeness (QED) is 0.575. The summed E-state index contributed by atoms with van der Waals surface area (Å²) in [7, 11) is 1.36. The Morgan fingerprint density at radius 3 is 2.95 bits per heavy atom. The van der Waals surface area contributed by atoms with Crippen LogP contribution >= 0.6 is 11.3 Å². The molecule has 0 fully saturated rings. The number of methoxy groups -OCH3 is 1. The monoisotopic (exact) mass is 311 g/mol. The molecule has 1 aliphatic rings. The largest absolute Gasteiger partial charge is 0.465 e. The third-order valence-electron chi connectivity index (χ3n) is 3.36. The molecule has 6 nitrogen and oxygen atoms in total. The van der Waals surface area contributed by atoms with E-state index in [1.165, 1.54) is 18.4 Å². The second-order valence-electron chi connectivity index (χ2n) is 4.86. The standard InChI is InChI=1S/C14H21N3O3S/c1-3-4-6-16-14(19)17-12-11(13(18)20-2)9-5-7-15-8-10(9)21-12/h15H,3-8H2,1-2H3,(H2,16,17,19). The van der Waals surface area contributed by atoms with Gasteiger partial charge in [-0.25, -0.2) is 9.59 Å². The molecule has 1 aromatic rings. The Bertz CT molecular complexity index is 528. The van der Waals surface area contributed by atoms with Gasteiger partial charge in [-0.1, -0.05) is 13.3 Å². The molecule has 2 amide bonds. The molecule has 0 saturated carbocycles. The van der Waals surface area contributed by atoms with Gasteiger partial charge in [0.05, 0.1) is 12.7 Å². The molecular weight excluding hydrogens is 290 g/mol. The number of anilines is 1. The summed E-state index contributed by atoms with van der Waals surface area (Å²) < 4.78 is 4.86. The van der Waals surface area contributed by atoms with Crippen molar-refractivity contribution >= 4 is 28.3 Å². The van der Waals surface area contributed by atoms with Gasteiger partial charge in [0, 0.05) is 18.0 Å². The fraction of sp³-hybridized carbons (Fsp3) is 0.571. The van der Waals surface area contributed by atoms with Crippen LogP contribution in [0.25, 0.3) is 0 Å². The summed E-state index contributed by atoms with van der Waals surface area (Å²) in [5.74, 6) is -0.391. The number of nitrogens with one attached hydrogen (secondary N) is 3. The smallest absolute Gasteiger partial charge is 0.341 e. The van der Waals surface area contributed by atoms with Crippen molar-refractivity contribution in [1.29, 1.82) is 0 Å². The fourth-order valence-electron chi connectivity index (χ4n) is 2.27. The van der Waals surface area contributed by atoms with Crippen molar-refractivity contribution in [3.05, 3.63) is 16.0 Å². The van der Waals surface area contributed by atoms with Gasteiger partial charge in [0.25, 0.3) is 0 Å². The molecule has 0 unspecified atom stereocenters. The lowest BCUT2D eigenvalue weighted by atomic mass is 10.0. The van der Waals surface area contributed by atoms with Gasteiger partial charge in [0.2, 0.25) is 0 Å². The Morgan fingerprint density at radius 1 is 1.43 bits per heavy atom. The average molecular weight is 311 g/mol. The van der Waals surface area contributed by atoms with Crippen molar-refractivity contribution in [3.8, 4) is 0 Å². The van der Waals surface area contributed by atoms with Crippen LogP contribution in [0.2, 0.25) is 0 Å². The average Bonchev–Trinajstić information content (AvgIpc) is 2.84. The highest BCUT2D eigenvalue weighted by Gasteiger charge is 2.26. The van der Waals surface area contributed by atoms with Crippen molar-refractivity contribution in [3.63, 3.8) is 0 Å². The summed E-state index contributed by atoms with van der Waals surface area (Å²) in [5, 5.41) is 9.40. The normalized spacial score (nSPS) is 13.4. The van der Waals surface area contributed by atoms with Crippen LogP contribution in [0.15, 0.2) is 0 Å². The molecule has 21 heavy (non-hydrogen) atoms. The number of hydrogen-bond donors (Lipinski definition) is 3. The van der Waals surface area contributed by atoms with Gasteiger partial charge < -0.3 is 15.4 Å². The number of carbonyl (C=O) groups is 2. The van der Waals surface area contributed by atoms with E-state index in [9.17, 15) is 9.59 Å². The summed E-state index contributed by atoms with van der Waals surface area (Å²) >= 11 is 1.44. The molecule has 0 aliphatic carbocycles. The minimum Gasteiger partial charge on any atom is -0.465 e. The molecule has 0 spiro atoms. The third kappa shape index (κ3) is 3.74. The fourth-order valence-corrected chi connectivity index (χ4v) is 3.47. The van der Waals surface area contributed by atoms with Gasteiger partial charge in [0.15, 0.2) is 0 Å². The van der Waals surface area contributed by atoms with Gasteiger partial charge in [-0.2, -0.15) is 0 Å². The highest BCUT2D eigenvalue weighted by molar-refractivity contribution is 7.17. The molecule has 1 aromatic heterocycles. The van der Waals surface area contributed by atoms with Crippen molar-refractivity contribution < 1.29 is 14.3 Å². The highest BCUT2D eigenvalue weighted by Crippen LogP contribution is 2.35. The Hall–Kier alpha value is -1.60. The lowest BCUT2D eigenvalue weighted by Gasteiger charge is -2.13. The topological polar surface area (TPSA) is 79.5 Å². The molecule has 0 radical (unpaired) electrons. The number of fused-ring (bicyclic) bond motifs is 1. The van der Waals surface area contributed by atoms with Crippen LogP contribution in [0, 0.1) is 0 Å². The van der Waals surface area contributed by atoms with Crippen LogP contribution in [0.5, 0.6) is 0 Å².